The van der Waals surface area contributed by atoms with E-state index in [1.807, 2.05) is 0 Å². The van der Waals surface area contributed by atoms with Crippen molar-refractivity contribution in [2.24, 2.45) is 0 Å². The summed E-state index contributed by atoms with van der Waals surface area (Å²) in [6.45, 7) is 0.119. The Labute approximate surface area is 165 Å². The van der Waals surface area contributed by atoms with E-state index in [0.717, 1.165) is 16.4 Å². The molecule has 5 nitrogen and oxygen atoms in total. The standard InChI is InChI=1S/C18H16ClF3N2O3S/c19-14-7-1-2-9-16(14)28(26,27)24-10-4-8-15(24)17(25)23-13-6-3-5-12(11-13)18(20,21)22/h1-3,5-7,9,11,15H,4,8,10H2,(H,23,25)/t15-/m1/s1. The van der Waals surface area contributed by atoms with E-state index in [1.54, 1.807) is 6.07 Å². The summed E-state index contributed by atoms with van der Waals surface area (Å²) in [6, 6.07) is 9.03. The van der Waals surface area contributed by atoms with E-state index in [-0.39, 0.29) is 28.6 Å². The number of hydrogen-bond acceptors (Lipinski definition) is 3. The van der Waals surface area contributed by atoms with E-state index in [2.05, 4.69) is 5.32 Å². The third-order valence-electron chi connectivity index (χ3n) is 4.39. The van der Waals surface area contributed by atoms with Crippen molar-refractivity contribution in [3.05, 3.63) is 59.1 Å². The number of carbonyl (C=O) groups is 1. The van der Waals surface area contributed by atoms with Gasteiger partial charge >= 0.3 is 6.18 Å². The van der Waals surface area contributed by atoms with Gasteiger partial charge in [-0.2, -0.15) is 17.5 Å². The van der Waals surface area contributed by atoms with E-state index in [1.165, 1.54) is 30.3 Å². The number of benzene rings is 2. The van der Waals surface area contributed by atoms with Crippen LogP contribution in [-0.2, 0) is 21.0 Å². The third-order valence-corrected chi connectivity index (χ3v) is 6.80. The summed E-state index contributed by atoms with van der Waals surface area (Å²) in [4.78, 5) is 12.5. The second-order valence-corrected chi connectivity index (χ2v) is 8.54. The predicted octanol–water partition coefficient (Wildman–Crippen LogP) is 4.15. The van der Waals surface area contributed by atoms with Crippen LogP contribution in [0.3, 0.4) is 0 Å². The fraction of sp³-hybridized carbons (Fsp3) is 0.278. The molecule has 1 atom stereocenters. The summed E-state index contributed by atoms with van der Waals surface area (Å²) in [7, 11) is -4.03. The van der Waals surface area contributed by atoms with Gasteiger partial charge in [0.1, 0.15) is 10.9 Å². The molecule has 0 bridgehead atoms. The van der Waals surface area contributed by atoms with Crippen LogP contribution < -0.4 is 5.32 Å². The lowest BCUT2D eigenvalue weighted by atomic mass is 10.1. The minimum absolute atomic E-state index is 0.0337. The average molecular weight is 433 g/mol. The Bertz CT molecular complexity index is 996. The molecule has 0 aromatic heterocycles. The Morgan fingerprint density at radius 1 is 1.14 bits per heavy atom. The maximum Gasteiger partial charge on any atom is 0.416 e. The number of halogens is 4. The van der Waals surface area contributed by atoms with Gasteiger partial charge in [-0.1, -0.05) is 29.8 Å². The van der Waals surface area contributed by atoms with Crippen LogP contribution in [0.25, 0.3) is 0 Å². The van der Waals surface area contributed by atoms with Crippen molar-refractivity contribution in [2.45, 2.75) is 30.0 Å². The topological polar surface area (TPSA) is 66.5 Å². The Balaban J connectivity index is 1.83. The lowest BCUT2D eigenvalue weighted by molar-refractivity contribution is -0.137. The molecule has 1 N–H and O–H groups in total. The molecule has 1 aliphatic rings. The monoisotopic (exact) mass is 432 g/mol. The molecular formula is C18H16ClF3N2O3S. The highest BCUT2D eigenvalue weighted by molar-refractivity contribution is 7.89. The summed E-state index contributed by atoms with van der Waals surface area (Å²) in [6.07, 6.45) is -3.84. The lowest BCUT2D eigenvalue weighted by Crippen LogP contribution is -2.43. The van der Waals surface area contributed by atoms with E-state index >= 15 is 0 Å². The van der Waals surface area contributed by atoms with Crippen molar-refractivity contribution in [1.82, 2.24) is 4.31 Å². The highest BCUT2D eigenvalue weighted by atomic mass is 35.5. The van der Waals surface area contributed by atoms with Crippen molar-refractivity contribution < 1.29 is 26.4 Å². The normalized spacial score (nSPS) is 18.2. The second-order valence-electron chi connectivity index (χ2n) is 6.27. The number of amides is 1. The van der Waals surface area contributed by atoms with Gasteiger partial charge in [0.05, 0.1) is 10.6 Å². The van der Waals surface area contributed by atoms with Gasteiger partial charge in [0, 0.05) is 12.2 Å². The average Bonchev–Trinajstić information content (AvgIpc) is 3.12. The summed E-state index contributed by atoms with van der Waals surface area (Å²) >= 11 is 5.99. The fourth-order valence-corrected chi connectivity index (χ4v) is 5.22. The van der Waals surface area contributed by atoms with Crippen LogP contribution in [-0.4, -0.2) is 31.2 Å². The van der Waals surface area contributed by atoms with Gasteiger partial charge in [0.25, 0.3) is 0 Å². The summed E-state index contributed by atoms with van der Waals surface area (Å²) in [5.74, 6) is -0.688. The van der Waals surface area contributed by atoms with E-state index in [4.69, 9.17) is 11.6 Å². The minimum Gasteiger partial charge on any atom is -0.325 e. The van der Waals surface area contributed by atoms with Crippen LogP contribution in [0.4, 0.5) is 18.9 Å². The van der Waals surface area contributed by atoms with Gasteiger partial charge in [0.15, 0.2) is 0 Å². The van der Waals surface area contributed by atoms with Crippen molar-refractivity contribution in [3.8, 4) is 0 Å². The van der Waals surface area contributed by atoms with Crippen LogP contribution >= 0.6 is 11.6 Å². The highest BCUT2D eigenvalue weighted by Gasteiger charge is 2.40. The molecule has 2 aromatic carbocycles. The molecule has 10 heteroatoms. The molecule has 0 aliphatic carbocycles. The first-order valence-electron chi connectivity index (χ1n) is 8.35. The van der Waals surface area contributed by atoms with Gasteiger partial charge in [-0.15, -0.1) is 0 Å². The number of hydrogen-bond donors (Lipinski definition) is 1. The molecule has 3 rings (SSSR count). The number of sulfonamides is 1. The van der Waals surface area contributed by atoms with Crippen molar-refractivity contribution in [1.29, 1.82) is 0 Å². The molecule has 1 amide bonds. The molecule has 150 valence electrons. The Hall–Kier alpha value is -2.10. The third kappa shape index (κ3) is 4.16. The first-order valence-corrected chi connectivity index (χ1v) is 10.2. The van der Waals surface area contributed by atoms with Crippen molar-refractivity contribution in [2.75, 3.05) is 11.9 Å². The van der Waals surface area contributed by atoms with E-state index in [0.29, 0.717) is 6.42 Å². The zero-order valence-corrected chi connectivity index (χ0v) is 16.0. The molecule has 1 aliphatic heterocycles. The van der Waals surface area contributed by atoms with E-state index < -0.39 is 33.7 Å². The first kappa shape index (κ1) is 20.6. The number of anilines is 1. The minimum atomic E-state index is -4.55. The maximum atomic E-state index is 12.9. The molecule has 0 unspecified atom stereocenters. The number of rotatable bonds is 4. The molecule has 1 heterocycles. The molecular weight excluding hydrogens is 417 g/mol. The Kier molecular flexibility index (Phi) is 5.69. The molecule has 2 aromatic rings. The largest absolute Gasteiger partial charge is 0.416 e. The van der Waals surface area contributed by atoms with Gasteiger partial charge in [-0.25, -0.2) is 8.42 Å². The van der Waals surface area contributed by atoms with E-state index in [9.17, 15) is 26.4 Å². The van der Waals surface area contributed by atoms with Crippen molar-refractivity contribution in [3.63, 3.8) is 0 Å². The fourth-order valence-electron chi connectivity index (χ4n) is 3.07. The summed E-state index contributed by atoms with van der Waals surface area (Å²) < 4.78 is 65.4. The molecule has 28 heavy (non-hydrogen) atoms. The first-order chi connectivity index (χ1) is 13.1. The highest BCUT2D eigenvalue weighted by Crippen LogP contribution is 2.32. The van der Waals surface area contributed by atoms with Crippen LogP contribution in [0.15, 0.2) is 53.4 Å². The Morgan fingerprint density at radius 3 is 2.54 bits per heavy atom. The second kappa shape index (κ2) is 7.73. The van der Waals surface area contributed by atoms with Gasteiger partial charge in [-0.3, -0.25) is 4.79 Å². The zero-order chi connectivity index (χ0) is 20.5. The summed E-state index contributed by atoms with van der Waals surface area (Å²) in [5, 5.41) is 2.42. The van der Waals surface area contributed by atoms with Gasteiger partial charge in [-0.05, 0) is 43.2 Å². The molecule has 0 saturated carbocycles. The molecule has 1 fully saturated rings. The zero-order valence-electron chi connectivity index (χ0n) is 14.4. The SMILES string of the molecule is O=C(Nc1cccc(C(F)(F)F)c1)[C@H]1CCCN1S(=O)(=O)c1ccccc1Cl. The number of carbonyl (C=O) groups excluding carboxylic acids is 1. The van der Waals surface area contributed by atoms with Crippen LogP contribution in [0.5, 0.6) is 0 Å². The predicted molar refractivity (Wildman–Crippen MR) is 98.4 cm³/mol. The Morgan fingerprint density at radius 2 is 1.86 bits per heavy atom. The molecule has 0 spiro atoms. The molecule has 1 saturated heterocycles. The number of nitrogens with zero attached hydrogens (tertiary/aromatic N) is 1. The van der Waals surface area contributed by atoms with Crippen molar-refractivity contribution >= 4 is 33.2 Å². The summed E-state index contributed by atoms with van der Waals surface area (Å²) in [5.41, 5.74) is -0.959. The van der Waals surface area contributed by atoms with Crippen LogP contribution in [0.2, 0.25) is 5.02 Å². The van der Waals surface area contributed by atoms with Crippen LogP contribution in [0.1, 0.15) is 18.4 Å². The van der Waals surface area contributed by atoms with Gasteiger partial charge < -0.3 is 5.32 Å². The van der Waals surface area contributed by atoms with Crippen LogP contribution in [0, 0.1) is 0 Å². The quantitative estimate of drug-likeness (QED) is 0.789. The maximum absolute atomic E-state index is 12.9. The number of alkyl halides is 3. The smallest absolute Gasteiger partial charge is 0.325 e. The van der Waals surface area contributed by atoms with Gasteiger partial charge in [0.2, 0.25) is 15.9 Å². The molecule has 0 radical (unpaired) electrons. The number of nitrogens with one attached hydrogen (secondary N) is 1. The lowest BCUT2D eigenvalue weighted by Gasteiger charge is -2.24.